The maximum atomic E-state index is 11.8. The second-order valence-corrected chi connectivity index (χ2v) is 5.14. The van der Waals surface area contributed by atoms with Crippen LogP contribution in [-0.4, -0.2) is 12.6 Å². The Morgan fingerprint density at radius 1 is 1.00 bits per heavy atom. The van der Waals surface area contributed by atoms with E-state index in [0.717, 1.165) is 22.4 Å². The molecule has 5 nitrogen and oxygen atoms in total. The molecule has 0 saturated heterocycles. The van der Waals surface area contributed by atoms with Crippen LogP contribution >= 0.6 is 0 Å². The molecular formula is C18H23N3O2. The third kappa shape index (κ3) is 5.64. The van der Waals surface area contributed by atoms with E-state index in [2.05, 4.69) is 10.6 Å². The highest BCUT2D eigenvalue weighted by Crippen LogP contribution is 2.11. The van der Waals surface area contributed by atoms with Crippen LogP contribution in [0.2, 0.25) is 0 Å². The number of carbonyl (C=O) groups is 1. The van der Waals surface area contributed by atoms with E-state index in [1.54, 1.807) is 0 Å². The van der Waals surface area contributed by atoms with Crippen LogP contribution in [0.25, 0.3) is 0 Å². The van der Waals surface area contributed by atoms with Crippen LogP contribution in [0.15, 0.2) is 48.5 Å². The second-order valence-electron chi connectivity index (χ2n) is 5.14. The molecule has 0 spiro atoms. The molecule has 23 heavy (non-hydrogen) atoms. The smallest absolute Gasteiger partial charge is 0.315 e. The number of amides is 2. The number of carbonyl (C=O) groups excluding carboxylic acids is 1. The van der Waals surface area contributed by atoms with E-state index in [-0.39, 0.29) is 6.03 Å². The average Bonchev–Trinajstić information content (AvgIpc) is 2.60. The van der Waals surface area contributed by atoms with Gasteiger partial charge in [-0.1, -0.05) is 36.4 Å². The van der Waals surface area contributed by atoms with Gasteiger partial charge >= 0.3 is 6.03 Å². The van der Waals surface area contributed by atoms with Crippen LogP contribution in [-0.2, 0) is 19.6 Å². The van der Waals surface area contributed by atoms with Crippen molar-refractivity contribution in [2.24, 2.45) is 5.73 Å². The summed E-state index contributed by atoms with van der Waals surface area (Å²) in [6, 6.07) is 15.3. The van der Waals surface area contributed by atoms with Crippen molar-refractivity contribution in [2.75, 3.05) is 6.61 Å². The normalized spacial score (nSPS) is 10.2. The van der Waals surface area contributed by atoms with Crippen molar-refractivity contribution in [3.63, 3.8) is 0 Å². The summed E-state index contributed by atoms with van der Waals surface area (Å²) in [5.41, 5.74) is 8.72. The number of benzene rings is 2. The molecule has 0 unspecified atom stereocenters. The SMILES string of the molecule is CCOc1ccc(CNC(=O)NCc2cccc(CN)c2)cc1. The largest absolute Gasteiger partial charge is 0.494 e. The average molecular weight is 313 g/mol. The lowest BCUT2D eigenvalue weighted by atomic mass is 10.1. The van der Waals surface area contributed by atoms with E-state index in [4.69, 9.17) is 10.5 Å². The van der Waals surface area contributed by atoms with Crippen molar-refractivity contribution in [3.05, 3.63) is 65.2 Å². The number of nitrogens with one attached hydrogen (secondary N) is 2. The first kappa shape index (κ1) is 16.8. The number of urea groups is 1. The Bertz CT molecular complexity index is 626. The number of rotatable bonds is 7. The summed E-state index contributed by atoms with van der Waals surface area (Å²) in [4.78, 5) is 11.8. The molecular weight excluding hydrogens is 290 g/mol. The first-order valence-electron chi connectivity index (χ1n) is 7.72. The van der Waals surface area contributed by atoms with Gasteiger partial charge in [0.2, 0.25) is 0 Å². The van der Waals surface area contributed by atoms with Gasteiger partial charge in [0.25, 0.3) is 0 Å². The van der Waals surface area contributed by atoms with Crippen molar-refractivity contribution in [1.29, 1.82) is 0 Å². The van der Waals surface area contributed by atoms with Crippen LogP contribution in [0, 0.1) is 0 Å². The van der Waals surface area contributed by atoms with E-state index in [1.807, 2.05) is 55.5 Å². The third-order valence-electron chi connectivity index (χ3n) is 3.37. The molecule has 2 aromatic rings. The molecule has 5 heteroatoms. The minimum absolute atomic E-state index is 0.197. The number of nitrogens with two attached hydrogens (primary N) is 1. The minimum atomic E-state index is -0.197. The number of hydrogen-bond acceptors (Lipinski definition) is 3. The Balaban J connectivity index is 1.76. The van der Waals surface area contributed by atoms with E-state index < -0.39 is 0 Å². The van der Waals surface area contributed by atoms with Gasteiger partial charge in [0, 0.05) is 19.6 Å². The minimum Gasteiger partial charge on any atom is -0.494 e. The first-order chi connectivity index (χ1) is 11.2. The summed E-state index contributed by atoms with van der Waals surface area (Å²) >= 11 is 0. The molecule has 0 aliphatic heterocycles. The van der Waals surface area contributed by atoms with Gasteiger partial charge in [-0.15, -0.1) is 0 Å². The molecule has 122 valence electrons. The first-order valence-corrected chi connectivity index (χ1v) is 7.72. The van der Waals surface area contributed by atoms with E-state index in [9.17, 15) is 4.79 Å². The van der Waals surface area contributed by atoms with Crippen LogP contribution < -0.4 is 21.1 Å². The molecule has 0 atom stereocenters. The maximum absolute atomic E-state index is 11.8. The Kier molecular flexibility index (Phi) is 6.44. The zero-order chi connectivity index (χ0) is 16.5. The fourth-order valence-corrected chi connectivity index (χ4v) is 2.16. The molecule has 0 aliphatic carbocycles. The van der Waals surface area contributed by atoms with Gasteiger partial charge < -0.3 is 21.1 Å². The zero-order valence-corrected chi connectivity index (χ0v) is 13.3. The fraction of sp³-hybridized carbons (Fsp3) is 0.278. The van der Waals surface area contributed by atoms with Gasteiger partial charge in [-0.3, -0.25) is 0 Å². The summed E-state index contributed by atoms with van der Waals surface area (Å²) in [5, 5.41) is 5.67. The van der Waals surface area contributed by atoms with Gasteiger partial charge in [0.05, 0.1) is 6.61 Å². The molecule has 0 bridgehead atoms. The standard InChI is InChI=1S/C18H23N3O2/c1-2-23-17-8-6-14(7-9-17)12-20-18(22)21-13-16-5-3-4-15(10-16)11-19/h3-10H,2,11-13,19H2,1H3,(H2,20,21,22). The lowest BCUT2D eigenvalue weighted by Crippen LogP contribution is -2.34. The van der Waals surface area contributed by atoms with Crippen LogP contribution in [0.3, 0.4) is 0 Å². The third-order valence-corrected chi connectivity index (χ3v) is 3.37. The van der Waals surface area contributed by atoms with Crippen molar-refractivity contribution in [1.82, 2.24) is 10.6 Å². The van der Waals surface area contributed by atoms with E-state index >= 15 is 0 Å². The second kappa shape index (κ2) is 8.80. The summed E-state index contributed by atoms with van der Waals surface area (Å²) in [6.45, 7) is 4.04. The Morgan fingerprint density at radius 3 is 2.30 bits per heavy atom. The molecule has 2 amide bonds. The Morgan fingerprint density at radius 2 is 1.65 bits per heavy atom. The van der Waals surface area contributed by atoms with E-state index in [0.29, 0.717) is 26.2 Å². The lowest BCUT2D eigenvalue weighted by molar-refractivity contribution is 0.240. The van der Waals surface area contributed by atoms with E-state index in [1.165, 1.54) is 0 Å². The molecule has 0 radical (unpaired) electrons. The zero-order valence-electron chi connectivity index (χ0n) is 13.3. The molecule has 4 N–H and O–H groups in total. The Hall–Kier alpha value is -2.53. The topological polar surface area (TPSA) is 76.4 Å². The molecule has 0 fully saturated rings. The lowest BCUT2D eigenvalue weighted by Gasteiger charge is -2.09. The van der Waals surface area contributed by atoms with Crippen molar-refractivity contribution < 1.29 is 9.53 Å². The number of ether oxygens (including phenoxy) is 1. The highest BCUT2D eigenvalue weighted by molar-refractivity contribution is 5.73. The van der Waals surface area contributed by atoms with Crippen LogP contribution in [0.4, 0.5) is 4.79 Å². The van der Waals surface area contributed by atoms with Gasteiger partial charge in [0.15, 0.2) is 0 Å². The molecule has 0 aliphatic rings. The highest BCUT2D eigenvalue weighted by atomic mass is 16.5. The molecule has 0 aromatic heterocycles. The summed E-state index contributed by atoms with van der Waals surface area (Å²) < 4.78 is 5.38. The van der Waals surface area contributed by atoms with Gasteiger partial charge in [-0.2, -0.15) is 0 Å². The molecule has 0 saturated carbocycles. The van der Waals surface area contributed by atoms with Crippen LogP contribution in [0.1, 0.15) is 23.6 Å². The summed E-state index contributed by atoms with van der Waals surface area (Å²) in [6.07, 6.45) is 0. The Labute approximate surface area is 136 Å². The molecule has 2 rings (SSSR count). The molecule has 0 heterocycles. The summed E-state index contributed by atoms with van der Waals surface area (Å²) in [5.74, 6) is 0.834. The van der Waals surface area contributed by atoms with Crippen molar-refractivity contribution in [3.8, 4) is 5.75 Å². The predicted octanol–water partition coefficient (Wildman–Crippen LogP) is 2.54. The van der Waals surface area contributed by atoms with Crippen LogP contribution in [0.5, 0.6) is 5.75 Å². The highest BCUT2D eigenvalue weighted by Gasteiger charge is 2.02. The van der Waals surface area contributed by atoms with Gasteiger partial charge in [0.1, 0.15) is 5.75 Å². The van der Waals surface area contributed by atoms with Gasteiger partial charge in [-0.05, 0) is 35.7 Å². The fourth-order valence-electron chi connectivity index (χ4n) is 2.16. The quantitative estimate of drug-likeness (QED) is 0.735. The number of hydrogen-bond donors (Lipinski definition) is 3. The summed E-state index contributed by atoms with van der Waals surface area (Å²) in [7, 11) is 0. The maximum Gasteiger partial charge on any atom is 0.315 e. The monoisotopic (exact) mass is 313 g/mol. The molecule has 2 aromatic carbocycles. The van der Waals surface area contributed by atoms with Crippen molar-refractivity contribution in [2.45, 2.75) is 26.6 Å². The predicted molar refractivity (Wildman–Crippen MR) is 91.0 cm³/mol. The van der Waals surface area contributed by atoms with Gasteiger partial charge in [-0.25, -0.2) is 4.79 Å². The van der Waals surface area contributed by atoms with Crippen molar-refractivity contribution >= 4 is 6.03 Å².